The van der Waals surface area contributed by atoms with Crippen molar-refractivity contribution in [1.82, 2.24) is 19.9 Å². The lowest BCUT2D eigenvalue weighted by atomic mass is 10.4. The SMILES string of the molecule is CCCNc1ncnc(NN2CCN(C)CC2)c1Br. The molecule has 0 atom stereocenters. The highest BCUT2D eigenvalue weighted by atomic mass is 79.9. The number of hydrogen-bond donors (Lipinski definition) is 2. The quantitative estimate of drug-likeness (QED) is 0.856. The molecule has 0 aliphatic carbocycles. The third-order valence-corrected chi connectivity index (χ3v) is 3.85. The number of aromatic nitrogens is 2. The molecule has 0 radical (unpaired) electrons. The average molecular weight is 329 g/mol. The van der Waals surface area contributed by atoms with E-state index >= 15 is 0 Å². The molecule has 0 unspecified atom stereocenters. The van der Waals surface area contributed by atoms with Gasteiger partial charge >= 0.3 is 0 Å². The Balaban J connectivity index is 1.99. The van der Waals surface area contributed by atoms with Crippen LogP contribution in [0.1, 0.15) is 13.3 Å². The van der Waals surface area contributed by atoms with E-state index in [1.807, 2.05) is 0 Å². The summed E-state index contributed by atoms with van der Waals surface area (Å²) in [6, 6.07) is 0. The summed E-state index contributed by atoms with van der Waals surface area (Å²) in [5, 5.41) is 5.47. The summed E-state index contributed by atoms with van der Waals surface area (Å²) >= 11 is 3.56. The Kier molecular flexibility index (Phi) is 5.35. The first-order valence-electron chi connectivity index (χ1n) is 6.65. The van der Waals surface area contributed by atoms with E-state index in [2.05, 4.69) is 60.5 Å². The lowest BCUT2D eigenvalue weighted by Gasteiger charge is -2.32. The third-order valence-electron chi connectivity index (χ3n) is 3.10. The summed E-state index contributed by atoms with van der Waals surface area (Å²) in [5.41, 5.74) is 3.36. The molecule has 1 aromatic rings. The van der Waals surface area contributed by atoms with Gasteiger partial charge in [0.2, 0.25) is 0 Å². The monoisotopic (exact) mass is 328 g/mol. The van der Waals surface area contributed by atoms with Crippen molar-refractivity contribution in [2.45, 2.75) is 13.3 Å². The standard InChI is InChI=1S/C12H21BrN6/c1-3-4-14-11-10(13)12(16-9-15-11)17-19-7-5-18(2)6-8-19/h9H,3-8H2,1-2H3,(H2,14,15,16,17). The van der Waals surface area contributed by atoms with Gasteiger partial charge in [-0.2, -0.15) is 0 Å². The minimum Gasteiger partial charge on any atom is -0.369 e. The van der Waals surface area contributed by atoms with Gasteiger partial charge in [-0.15, -0.1) is 0 Å². The number of piperazine rings is 1. The van der Waals surface area contributed by atoms with Crippen LogP contribution in [0.2, 0.25) is 0 Å². The first-order valence-corrected chi connectivity index (χ1v) is 7.44. The molecule has 6 nitrogen and oxygen atoms in total. The van der Waals surface area contributed by atoms with Crippen molar-refractivity contribution >= 4 is 27.6 Å². The van der Waals surface area contributed by atoms with Crippen molar-refractivity contribution in [1.29, 1.82) is 0 Å². The molecule has 0 aromatic carbocycles. The highest BCUT2D eigenvalue weighted by Gasteiger charge is 2.16. The summed E-state index contributed by atoms with van der Waals surface area (Å²) in [6.07, 6.45) is 2.65. The molecule has 1 fully saturated rings. The molecule has 1 aliphatic rings. The van der Waals surface area contributed by atoms with E-state index in [-0.39, 0.29) is 0 Å². The second-order valence-electron chi connectivity index (χ2n) is 4.71. The highest BCUT2D eigenvalue weighted by molar-refractivity contribution is 9.10. The fourth-order valence-electron chi connectivity index (χ4n) is 1.88. The fraction of sp³-hybridized carbons (Fsp3) is 0.667. The minimum atomic E-state index is 0.818. The van der Waals surface area contributed by atoms with Crippen LogP contribution in [0.4, 0.5) is 11.6 Å². The topological polar surface area (TPSA) is 56.3 Å². The fourth-order valence-corrected chi connectivity index (χ4v) is 2.32. The Morgan fingerprint density at radius 2 is 1.89 bits per heavy atom. The van der Waals surface area contributed by atoms with Crippen molar-refractivity contribution in [3.05, 3.63) is 10.8 Å². The molecule has 19 heavy (non-hydrogen) atoms. The van der Waals surface area contributed by atoms with Gasteiger partial charge in [0.1, 0.15) is 16.6 Å². The summed E-state index contributed by atoms with van der Waals surface area (Å²) in [7, 11) is 2.14. The van der Waals surface area contributed by atoms with Crippen molar-refractivity contribution in [2.75, 3.05) is 50.5 Å². The maximum Gasteiger partial charge on any atom is 0.160 e. The van der Waals surface area contributed by atoms with E-state index in [0.717, 1.165) is 55.3 Å². The molecular formula is C12H21BrN6. The first kappa shape index (κ1) is 14.5. The van der Waals surface area contributed by atoms with Gasteiger partial charge in [-0.25, -0.2) is 15.0 Å². The number of nitrogens with zero attached hydrogens (tertiary/aromatic N) is 4. The second kappa shape index (κ2) is 7.02. The Hall–Kier alpha value is -0.920. The predicted octanol–water partition coefficient (Wildman–Crippen LogP) is 1.64. The Morgan fingerprint density at radius 1 is 1.21 bits per heavy atom. The van der Waals surface area contributed by atoms with Crippen LogP contribution in [0.3, 0.4) is 0 Å². The van der Waals surface area contributed by atoms with Crippen LogP contribution < -0.4 is 10.7 Å². The van der Waals surface area contributed by atoms with Crippen molar-refractivity contribution in [2.24, 2.45) is 0 Å². The van der Waals surface area contributed by atoms with Gasteiger partial charge in [0.25, 0.3) is 0 Å². The van der Waals surface area contributed by atoms with Crippen LogP contribution >= 0.6 is 15.9 Å². The normalized spacial score (nSPS) is 17.4. The maximum atomic E-state index is 4.30. The van der Waals surface area contributed by atoms with Crippen LogP contribution in [-0.2, 0) is 0 Å². The van der Waals surface area contributed by atoms with Crippen molar-refractivity contribution in [3.63, 3.8) is 0 Å². The van der Waals surface area contributed by atoms with Crippen molar-refractivity contribution in [3.8, 4) is 0 Å². The largest absolute Gasteiger partial charge is 0.369 e. The molecule has 7 heteroatoms. The summed E-state index contributed by atoms with van der Waals surface area (Å²) in [6.45, 7) is 7.15. The Bertz CT molecular complexity index is 405. The van der Waals surface area contributed by atoms with Crippen LogP contribution in [0.5, 0.6) is 0 Å². The zero-order valence-electron chi connectivity index (χ0n) is 11.5. The van der Waals surface area contributed by atoms with Gasteiger partial charge in [0, 0.05) is 32.7 Å². The molecule has 1 aromatic heterocycles. The van der Waals surface area contributed by atoms with Gasteiger partial charge in [0.15, 0.2) is 5.82 Å². The maximum absolute atomic E-state index is 4.30. The van der Waals surface area contributed by atoms with Crippen LogP contribution in [0, 0.1) is 0 Å². The molecule has 2 rings (SSSR count). The number of likely N-dealkylation sites (N-methyl/N-ethyl adjacent to an activating group) is 1. The van der Waals surface area contributed by atoms with E-state index in [1.54, 1.807) is 6.33 Å². The third kappa shape index (κ3) is 4.02. The number of halogens is 1. The first-order chi connectivity index (χ1) is 9.20. The predicted molar refractivity (Wildman–Crippen MR) is 81.2 cm³/mol. The van der Waals surface area contributed by atoms with Gasteiger partial charge in [-0.1, -0.05) is 6.92 Å². The molecule has 2 heterocycles. The van der Waals surface area contributed by atoms with Crippen molar-refractivity contribution < 1.29 is 0 Å². The van der Waals surface area contributed by atoms with E-state index < -0.39 is 0 Å². The highest BCUT2D eigenvalue weighted by Crippen LogP contribution is 2.26. The van der Waals surface area contributed by atoms with Crippen LogP contribution in [-0.4, -0.2) is 59.6 Å². The molecule has 0 bridgehead atoms. The molecule has 106 valence electrons. The number of anilines is 2. The van der Waals surface area contributed by atoms with E-state index in [0.29, 0.717) is 0 Å². The van der Waals surface area contributed by atoms with Gasteiger partial charge in [-0.3, -0.25) is 0 Å². The molecule has 0 saturated carbocycles. The number of nitrogens with one attached hydrogen (secondary N) is 2. The minimum absolute atomic E-state index is 0.818. The molecule has 1 aliphatic heterocycles. The molecular weight excluding hydrogens is 308 g/mol. The molecule has 0 spiro atoms. The second-order valence-corrected chi connectivity index (χ2v) is 5.51. The smallest absolute Gasteiger partial charge is 0.160 e. The van der Waals surface area contributed by atoms with Gasteiger partial charge in [-0.05, 0) is 29.4 Å². The summed E-state index contributed by atoms with van der Waals surface area (Å²) < 4.78 is 0.891. The molecule has 0 amide bonds. The summed E-state index contributed by atoms with van der Waals surface area (Å²) in [5.74, 6) is 1.66. The van der Waals surface area contributed by atoms with Crippen LogP contribution in [0.15, 0.2) is 10.8 Å². The van der Waals surface area contributed by atoms with Crippen LogP contribution in [0.25, 0.3) is 0 Å². The average Bonchev–Trinajstić information content (AvgIpc) is 2.42. The molecule has 2 N–H and O–H groups in total. The van der Waals surface area contributed by atoms with E-state index in [4.69, 9.17) is 0 Å². The number of hydrazine groups is 1. The number of hydrogen-bond acceptors (Lipinski definition) is 6. The number of rotatable bonds is 5. The van der Waals surface area contributed by atoms with Gasteiger partial charge < -0.3 is 15.6 Å². The lowest BCUT2D eigenvalue weighted by molar-refractivity contribution is 0.178. The zero-order chi connectivity index (χ0) is 13.7. The van der Waals surface area contributed by atoms with E-state index in [9.17, 15) is 0 Å². The Morgan fingerprint density at radius 3 is 2.58 bits per heavy atom. The lowest BCUT2D eigenvalue weighted by Crippen LogP contribution is -2.47. The van der Waals surface area contributed by atoms with Gasteiger partial charge in [0.05, 0.1) is 0 Å². The summed E-state index contributed by atoms with van der Waals surface area (Å²) in [4.78, 5) is 10.9. The Labute approximate surface area is 122 Å². The zero-order valence-corrected chi connectivity index (χ0v) is 13.1. The van der Waals surface area contributed by atoms with E-state index in [1.165, 1.54) is 0 Å². The molecule has 1 saturated heterocycles.